The van der Waals surface area contributed by atoms with Crippen LogP contribution >= 0.6 is 0 Å². The number of nitrogens with zero attached hydrogens (tertiary/aromatic N) is 2. The lowest BCUT2D eigenvalue weighted by Crippen LogP contribution is -2.26. The van der Waals surface area contributed by atoms with Crippen molar-refractivity contribution in [3.63, 3.8) is 0 Å². The van der Waals surface area contributed by atoms with Crippen molar-refractivity contribution in [2.24, 2.45) is 0 Å². The highest BCUT2D eigenvalue weighted by Gasteiger charge is 2.65. The molecule has 180 valence electrons. The number of fused-ring (bicyclic) bond motifs is 4. The van der Waals surface area contributed by atoms with Gasteiger partial charge >= 0.3 is 0 Å². The van der Waals surface area contributed by atoms with Gasteiger partial charge in [0, 0.05) is 30.1 Å². The van der Waals surface area contributed by atoms with E-state index in [0.717, 1.165) is 65.1 Å². The molecular formula is C30H28N4O2. The van der Waals surface area contributed by atoms with Crippen LogP contribution in [0.15, 0.2) is 54.6 Å². The van der Waals surface area contributed by atoms with Gasteiger partial charge in [0.1, 0.15) is 5.75 Å². The van der Waals surface area contributed by atoms with Crippen molar-refractivity contribution >= 4 is 34.6 Å². The largest absolute Gasteiger partial charge is 0.497 e. The molecule has 1 saturated carbocycles. The van der Waals surface area contributed by atoms with Crippen molar-refractivity contribution in [2.75, 3.05) is 26.0 Å². The fourth-order valence-electron chi connectivity index (χ4n) is 6.10. The Morgan fingerprint density at radius 1 is 1.08 bits per heavy atom. The Kier molecular flexibility index (Phi) is 4.63. The van der Waals surface area contributed by atoms with Gasteiger partial charge in [-0.3, -0.25) is 9.89 Å². The Balaban J connectivity index is 1.16. The second-order valence-corrected chi connectivity index (χ2v) is 10.4. The van der Waals surface area contributed by atoms with Crippen molar-refractivity contribution in [2.45, 2.75) is 30.7 Å². The Labute approximate surface area is 210 Å². The van der Waals surface area contributed by atoms with Gasteiger partial charge in [0.15, 0.2) is 0 Å². The number of anilines is 1. The first kappa shape index (κ1) is 21.4. The van der Waals surface area contributed by atoms with E-state index < -0.39 is 5.41 Å². The molecule has 3 aromatic carbocycles. The molecule has 2 aliphatic heterocycles. The van der Waals surface area contributed by atoms with Gasteiger partial charge < -0.3 is 15.0 Å². The predicted molar refractivity (Wildman–Crippen MR) is 142 cm³/mol. The lowest BCUT2D eigenvalue weighted by molar-refractivity contribution is -0.118. The maximum absolute atomic E-state index is 13.0. The summed E-state index contributed by atoms with van der Waals surface area (Å²) in [4.78, 5) is 15.4. The highest BCUT2D eigenvalue weighted by atomic mass is 16.5. The second-order valence-electron chi connectivity index (χ2n) is 10.4. The Morgan fingerprint density at radius 2 is 2.00 bits per heavy atom. The van der Waals surface area contributed by atoms with Gasteiger partial charge in [-0.05, 0) is 78.0 Å². The zero-order chi connectivity index (χ0) is 24.4. The number of likely N-dealkylation sites (N-methyl/N-ethyl adjacent to an activating group) is 1. The molecule has 6 nitrogen and oxygen atoms in total. The fourth-order valence-corrected chi connectivity index (χ4v) is 6.10. The molecular weight excluding hydrogens is 448 g/mol. The average Bonchev–Trinajstić information content (AvgIpc) is 3.43. The monoisotopic (exact) mass is 476 g/mol. The van der Waals surface area contributed by atoms with E-state index in [4.69, 9.17) is 4.74 Å². The molecule has 0 bridgehead atoms. The van der Waals surface area contributed by atoms with Crippen LogP contribution in [0, 0.1) is 0 Å². The van der Waals surface area contributed by atoms with E-state index in [0.29, 0.717) is 0 Å². The zero-order valence-electron chi connectivity index (χ0n) is 20.5. The molecule has 4 aromatic rings. The number of hydrogen-bond acceptors (Lipinski definition) is 4. The summed E-state index contributed by atoms with van der Waals surface area (Å²) >= 11 is 0. The highest BCUT2D eigenvalue weighted by molar-refractivity contribution is 6.10. The maximum Gasteiger partial charge on any atom is 0.235 e. The van der Waals surface area contributed by atoms with Gasteiger partial charge in [0.2, 0.25) is 5.91 Å². The number of ether oxygens (including phenoxy) is 1. The number of hydrogen-bond donors (Lipinski definition) is 2. The normalized spacial score (nSPS) is 22.7. The number of rotatable bonds is 4. The summed E-state index contributed by atoms with van der Waals surface area (Å²) in [5, 5.41) is 11.9. The lowest BCUT2D eigenvalue weighted by atomic mass is 9.91. The van der Waals surface area contributed by atoms with Crippen LogP contribution in [0.2, 0.25) is 0 Å². The van der Waals surface area contributed by atoms with Crippen LogP contribution in [0.25, 0.3) is 23.1 Å². The van der Waals surface area contributed by atoms with E-state index >= 15 is 0 Å². The minimum Gasteiger partial charge on any atom is -0.497 e. The zero-order valence-corrected chi connectivity index (χ0v) is 20.5. The Bertz CT molecular complexity index is 1570. The molecule has 1 amide bonds. The minimum atomic E-state index is -0.499. The molecule has 2 unspecified atom stereocenters. The van der Waals surface area contributed by atoms with Gasteiger partial charge in [0.25, 0.3) is 0 Å². The van der Waals surface area contributed by atoms with Crippen LogP contribution in [0.5, 0.6) is 5.75 Å². The summed E-state index contributed by atoms with van der Waals surface area (Å²) in [7, 11) is 3.83. The van der Waals surface area contributed by atoms with Crippen molar-refractivity contribution in [1.29, 1.82) is 0 Å². The molecule has 1 spiro atoms. The number of aromatic amines is 1. The summed E-state index contributed by atoms with van der Waals surface area (Å²) in [5.74, 6) is 1.01. The van der Waals surface area contributed by atoms with Gasteiger partial charge in [-0.15, -0.1) is 0 Å². The number of H-pyrrole nitrogens is 1. The number of amides is 1. The number of benzene rings is 3. The van der Waals surface area contributed by atoms with E-state index in [-0.39, 0.29) is 11.8 Å². The molecule has 3 aliphatic rings. The quantitative estimate of drug-likeness (QED) is 0.430. The Hall–Kier alpha value is -3.90. The third-order valence-corrected chi connectivity index (χ3v) is 8.21. The third kappa shape index (κ3) is 3.21. The molecule has 6 heteroatoms. The predicted octanol–water partition coefficient (Wildman–Crippen LogP) is 5.11. The van der Waals surface area contributed by atoms with Crippen molar-refractivity contribution < 1.29 is 9.53 Å². The van der Waals surface area contributed by atoms with Crippen LogP contribution in [-0.2, 0) is 23.2 Å². The number of aromatic nitrogens is 2. The van der Waals surface area contributed by atoms with E-state index in [1.807, 2.05) is 18.2 Å². The number of methoxy groups -OCH3 is 1. The van der Waals surface area contributed by atoms with Crippen LogP contribution < -0.4 is 10.1 Å². The SMILES string of the molecule is COc1ccc2c(c1)C1(CC1c1ccc3c(/C=C/c4ccc5c(c4)CN(C)CC5)n[nH]c3c1)C(=O)N2. The van der Waals surface area contributed by atoms with Gasteiger partial charge in [-0.2, -0.15) is 5.10 Å². The lowest BCUT2D eigenvalue weighted by Gasteiger charge is -2.25. The fraction of sp³-hybridized carbons (Fsp3) is 0.267. The molecule has 1 fully saturated rings. The molecule has 0 radical (unpaired) electrons. The van der Waals surface area contributed by atoms with Gasteiger partial charge in [0.05, 0.1) is 23.7 Å². The van der Waals surface area contributed by atoms with Gasteiger partial charge in [-0.25, -0.2) is 0 Å². The summed E-state index contributed by atoms with van der Waals surface area (Å²) in [6.45, 7) is 2.12. The first-order valence-electron chi connectivity index (χ1n) is 12.5. The first-order valence-corrected chi connectivity index (χ1v) is 12.5. The van der Waals surface area contributed by atoms with E-state index in [1.54, 1.807) is 7.11 Å². The number of carbonyl (C=O) groups is 1. The van der Waals surface area contributed by atoms with E-state index in [9.17, 15) is 4.79 Å². The smallest absolute Gasteiger partial charge is 0.235 e. The molecule has 1 aromatic heterocycles. The maximum atomic E-state index is 13.0. The highest BCUT2D eigenvalue weighted by Crippen LogP contribution is 2.65. The summed E-state index contributed by atoms with van der Waals surface area (Å²) in [6, 6.07) is 19.0. The van der Waals surface area contributed by atoms with E-state index in [2.05, 4.69) is 76.0 Å². The third-order valence-electron chi connectivity index (χ3n) is 8.21. The van der Waals surface area contributed by atoms with Crippen LogP contribution in [0.4, 0.5) is 5.69 Å². The molecule has 36 heavy (non-hydrogen) atoms. The standard InChI is InChI=1S/C30H28N4O2/c1-34-12-11-19-5-3-18(13-21(19)17-34)4-9-26-23-8-6-20(14-28(23)33-32-26)25-16-30(25)24-15-22(36-2)7-10-27(24)31-29(30)35/h3-10,13-15,25H,11-12,16-17H2,1-2H3,(H,31,35)(H,32,33)/b9-4+. The molecule has 7 rings (SSSR count). The molecule has 2 atom stereocenters. The molecule has 1 aliphatic carbocycles. The van der Waals surface area contributed by atoms with Gasteiger partial charge in [-0.1, -0.05) is 36.4 Å². The van der Waals surface area contributed by atoms with E-state index in [1.165, 1.54) is 16.7 Å². The van der Waals surface area contributed by atoms with Crippen LogP contribution in [0.1, 0.15) is 45.8 Å². The average molecular weight is 477 g/mol. The summed E-state index contributed by atoms with van der Waals surface area (Å²) in [5.41, 5.74) is 8.57. The Morgan fingerprint density at radius 3 is 2.89 bits per heavy atom. The molecule has 2 N–H and O–H groups in total. The number of nitrogens with one attached hydrogen (secondary N) is 2. The van der Waals surface area contributed by atoms with Crippen molar-refractivity contribution in [3.8, 4) is 5.75 Å². The minimum absolute atomic E-state index is 0.0836. The number of carbonyl (C=O) groups excluding carboxylic acids is 1. The summed E-state index contributed by atoms with van der Waals surface area (Å²) < 4.78 is 5.42. The molecule has 0 saturated heterocycles. The van der Waals surface area contributed by atoms with Crippen molar-refractivity contribution in [1.82, 2.24) is 15.1 Å². The summed E-state index contributed by atoms with van der Waals surface area (Å²) in [6.07, 6.45) is 6.14. The second kappa shape index (κ2) is 7.80. The first-order chi connectivity index (χ1) is 17.5. The van der Waals surface area contributed by atoms with Crippen LogP contribution in [0.3, 0.4) is 0 Å². The van der Waals surface area contributed by atoms with Crippen LogP contribution in [-0.4, -0.2) is 41.7 Å². The topological polar surface area (TPSA) is 70.2 Å². The molecule has 3 heterocycles. The van der Waals surface area contributed by atoms with Crippen molar-refractivity contribution in [3.05, 3.63) is 88.1 Å².